The van der Waals surface area contributed by atoms with Gasteiger partial charge < -0.3 is 16.0 Å². The highest BCUT2D eigenvalue weighted by Crippen LogP contribution is 2.04. The van der Waals surface area contributed by atoms with Gasteiger partial charge in [0.05, 0.1) is 0 Å². The lowest BCUT2D eigenvalue weighted by atomic mass is 10.2. The van der Waals surface area contributed by atoms with Gasteiger partial charge >= 0.3 is 0 Å². The maximum atomic E-state index is 12.0. The molecule has 0 aliphatic carbocycles. The minimum absolute atomic E-state index is 0.0228. The van der Waals surface area contributed by atoms with Crippen molar-refractivity contribution in [2.24, 2.45) is 10.7 Å². The van der Waals surface area contributed by atoms with Gasteiger partial charge in [-0.15, -0.1) is 0 Å². The van der Waals surface area contributed by atoms with Crippen LogP contribution in [0.25, 0.3) is 0 Å². The fourth-order valence-corrected chi connectivity index (χ4v) is 1.93. The van der Waals surface area contributed by atoms with Crippen molar-refractivity contribution in [1.29, 1.82) is 0 Å². The monoisotopic (exact) mass is 296 g/mol. The molecule has 0 aromatic heterocycles. The largest absolute Gasteiger partial charge is 0.370 e. The van der Waals surface area contributed by atoms with Crippen LogP contribution in [-0.4, -0.2) is 30.4 Å². The van der Waals surface area contributed by atoms with E-state index in [9.17, 15) is 4.79 Å². The van der Waals surface area contributed by atoms with Crippen molar-refractivity contribution in [1.82, 2.24) is 4.90 Å². The highest BCUT2D eigenvalue weighted by molar-refractivity contribution is 5.93. The van der Waals surface area contributed by atoms with E-state index in [1.807, 2.05) is 60.7 Å². The van der Waals surface area contributed by atoms with E-state index in [0.29, 0.717) is 6.54 Å². The van der Waals surface area contributed by atoms with Crippen molar-refractivity contribution in [2.45, 2.75) is 6.54 Å². The summed E-state index contributed by atoms with van der Waals surface area (Å²) in [6.07, 6.45) is 0. The average molecular weight is 296 g/mol. The van der Waals surface area contributed by atoms with Crippen LogP contribution < -0.4 is 11.1 Å². The molecular weight excluding hydrogens is 276 g/mol. The summed E-state index contributed by atoms with van der Waals surface area (Å²) in [7, 11) is 1.76. The van der Waals surface area contributed by atoms with Crippen molar-refractivity contribution < 1.29 is 4.79 Å². The van der Waals surface area contributed by atoms with Gasteiger partial charge in [-0.25, -0.2) is 4.99 Å². The van der Waals surface area contributed by atoms with Gasteiger partial charge in [-0.3, -0.25) is 4.79 Å². The number of carbonyl (C=O) groups excluding carboxylic acids is 1. The fourth-order valence-electron chi connectivity index (χ4n) is 1.93. The van der Waals surface area contributed by atoms with E-state index in [1.54, 1.807) is 11.9 Å². The average Bonchev–Trinajstić information content (AvgIpc) is 2.54. The Kier molecular flexibility index (Phi) is 5.54. The number of nitrogens with two attached hydrogens (primary N) is 1. The van der Waals surface area contributed by atoms with E-state index >= 15 is 0 Å². The van der Waals surface area contributed by atoms with Crippen LogP contribution in [0.5, 0.6) is 0 Å². The maximum absolute atomic E-state index is 12.0. The van der Waals surface area contributed by atoms with Crippen LogP contribution in [0.3, 0.4) is 0 Å². The number of benzene rings is 2. The Hall–Kier alpha value is -2.82. The van der Waals surface area contributed by atoms with Gasteiger partial charge in [-0.05, 0) is 17.7 Å². The quantitative estimate of drug-likeness (QED) is 0.655. The molecule has 0 saturated heterocycles. The molecule has 0 aliphatic heterocycles. The van der Waals surface area contributed by atoms with Gasteiger partial charge in [0.25, 0.3) is 0 Å². The molecule has 0 atom stereocenters. The van der Waals surface area contributed by atoms with Gasteiger partial charge in [0.15, 0.2) is 5.96 Å². The first-order valence-corrected chi connectivity index (χ1v) is 7.05. The lowest BCUT2D eigenvalue weighted by molar-refractivity contribution is -0.128. The molecule has 2 aromatic rings. The zero-order chi connectivity index (χ0) is 15.8. The Labute approximate surface area is 130 Å². The van der Waals surface area contributed by atoms with Crippen LogP contribution in [0, 0.1) is 0 Å². The summed E-state index contributed by atoms with van der Waals surface area (Å²) in [6.45, 7) is 0.580. The molecule has 1 amide bonds. The molecule has 5 nitrogen and oxygen atoms in total. The number of guanidine groups is 1. The van der Waals surface area contributed by atoms with Crippen molar-refractivity contribution in [3.63, 3.8) is 0 Å². The highest BCUT2D eigenvalue weighted by Gasteiger charge is 2.08. The second-order valence-electron chi connectivity index (χ2n) is 4.93. The molecule has 0 saturated carbocycles. The van der Waals surface area contributed by atoms with Crippen molar-refractivity contribution in [2.75, 3.05) is 18.9 Å². The molecule has 0 heterocycles. The predicted octanol–water partition coefficient (Wildman–Crippen LogP) is 2.07. The van der Waals surface area contributed by atoms with Gasteiger partial charge in [0, 0.05) is 19.3 Å². The number of para-hydroxylation sites is 1. The first-order chi connectivity index (χ1) is 10.6. The smallest absolute Gasteiger partial charge is 0.244 e. The summed E-state index contributed by atoms with van der Waals surface area (Å²) in [5.74, 6) is 0.148. The number of carbonyl (C=O) groups is 1. The second kappa shape index (κ2) is 7.83. The minimum Gasteiger partial charge on any atom is -0.370 e. The minimum atomic E-state index is -0.0818. The molecule has 0 aliphatic rings. The molecule has 0 bridgehead atoms. The SMILES string of the molecule is CN(Cc1ccccc1)C(=O)CN=C(N)Nc1ccccc1. The molecule has 114 valence electrons. The summed E-state index contributed by atoms with van der Waals surface area (Å²) in [6, 6.07) is 19.3. The molecule has 0 radical (unpaired) electrons. The summed E-state index contributed by atoms with van der Waals surface area (Å²) in [5.41, 5.74) is 7.70. The maximum Gasteiger partial charge on any atom is 0.244 e. The van der Waals surface area contributed by atoms with Crippen LogP contribution in [0.4, 0.5) is 5.69 Å². The number of likely N-dealkylation sites (N-methyl/N-ethyl adjacent to an activating group) is 1. The molecule has 5 heteroatoms. The van der Waals surface area contributed by atoms with E-state index in [2.05, 4.69) is 10.3 Å². The van der Waals surface area contributed by atoms with E-state index in [1.165, 1.54) is 0 Å². The van der Waals surface area contributed by atoms with E-state index in [-0.39, 0.29) is 18.4 Å². The molecule has 3 N–H and O–H groups in total. The molecule has 2 rings (SSSR count). The number of anilines is 1. The number of aliphatic imine (C=N–C) groups is 1. The van der Waals surface area contributed by atoms with Crippen LogP contribution in [0.2, 0.25) is 0 Å². The Morgan fingerprint density at radius 3 is 2.32 bits per heavy atom. The highest BCUT2D eigenvalue weighted by atomic mass is 16.2. The Bertz CT molecular complexity index is 626. The third kappa shape index (κ3) is 4.94. The van der Waals surface area contributed by atoms with E-state index in [0.717, 1.165) is 11.3 Å². The number of rotatable bonds is 5. The summed E-state index contributed by atoms with van der Waals surface area (Å²) >= 11 is 0. The first-order valence-electron chi connectivity index (χ1n) is 7.05. The molecule has 0 unspecified atom stereocenters. The van der Waals surface area contributed by atoms with Crippen LogP contribution in [0.15, 0.2) is 65.7 Å². The normalized spacial score (nSPS) is 11.0. The van der Waals surface area contributed by atoms with Gasteiger partial charge in [0.1, 0.15) is 6.54 Å². The lowest BCUT2D eigenvalue weighted by Gasteiger charge is -2.16. The number of hydrogen-bond acceptors (Lipinski definition) is 2. The number of hydrogen-bond donors (Lipinski definition) is 2. The Balaban J connectivity index is 1.84. The fraction of sp³-hybridized carbons (Fsp3) is 0.176. The number of amides is 1. The van der Waals surface area contributed by atoms with Crippen molar-refractivity contribution >= 4 is 17.6 Å². The van der Waals surface area contributed by atoms with Gasteiger partial charge in [-0.2, -0.15) is 0 Å². The third-order valence-electron chi connectivity index (χ3n) is 3.12. The molecule has 0 fully saturated rings. The van der Waals surface area contributed by atoms with Crippen LogP contribution in [-0.2, 0) is 11.3 Å². The van der Waals surface area contributed by atoms with Crippen LogP contribution >= 0.6 is 0 Å². The third-order valence-corrected chi connectivity index (χ3v) is 3.12. The standard InChI is InChI=1S/C17H20N4O/c1-21(13-14-8-4-2-5-9-14)16(22)12-19-17(18)20-15-10-6-3-7-11-15/h2-11H,12-13H2,1H3,(H3,18,19,20). The summed E-state index contributed by atoms with van der Waals surface area (Å²) in [4.78, 5) is 17.7. The molecule has 22 heavy (non-hydrogen) atoms. The van der Waals surface area contributed by atoms with Gasteiger partial charge in [0.2, 0.25) is 5.91 Å². The zero-order valence-corrected chi connectivity index (χ0v) is 12.6. The van der Waals surface area contributed by atoms with Crippen molar-refractivity contribution in [3.8, 4) is 0 Å². The molecular formula is C17H20N4O. The van der Waals surface area contributed by atoms with Gasteiger partial charge in [-0.1, -0.05) is 48.5 Å². The molecule has 0 spiro atoms. The summed E-state index contributed by atoms with van der Waals surface area (Å²) in [5, 5.41) is 2.94. The van der Waals surface area contributed by atoms with Crippen LogP contribution in [0.1, 0.15) is 5.56 Å². The Morgan fingerprint density at radius 1 is 1.09 bits per heavy atom. The van der Waals surface area contributed by atoms with E-state index < -0.39 is 0 Å². The summed E-state index contributed by atoms with van der Waals surface area (Å²) < 4.78 is 0. The predicted molar refractivity (Wildman–Crippen MR) is 89.5 cm³/mol. The topological polar surface area (TPSA) is 70.7 Å². The molecule has 2 aromatic carbocycles. The number of nitrogens with zero attached hydrogens (tertiary/aromatic N) is 2. The second-order valence-corrected chi connectivity index (χ2v) is 4.93. The van der Waals surface area contributed by atoms with E-state index in [4.69, 9.17) is 5.73 Å². The zero-order valence-electron chi connectivity index (χ0n) is 12.6. The van der Waals surface area contributed by atoms with Crippen molar-refractivity contribution in [3.05, 3.63) is 66.2 Å². The number of nitrogens with one attached hydrogen (secondary N) is 1. The Morgan fingerprint density at radius 2 is 1.68 bits per heavy atom. The first kappa shape index (κ1) is 15.6. The lowest BCUT2D eigenvalue weighted by Crippen LogP contribution is -2.30.